The summed E-state index contributed by atoms with van der Waals surface area (Å²) in [4.78, 5) is 39.6. The number of halogens is 3. The Morgan fingerprint density at radius 1 is 0.837 bits per heavy atom. The molecule has 4 aromatic rings. The van der Waals surface area contributed by atoms with Crippen LogP contribution in [0.1, 0.15) is 16.7 Å². The number of carbonyl (C=O) groups excluding carboxylic acids is 3. The van der Waals surface area contributed by atoms with E-state index in [-0.39, 0.29) is 41.0 Å². The molecule has 0 saturated carbocycles. The van der Waals surface area contributed by atoms with Gasteiger partial charge in [0.05, 0.1) is 17.8 Å². The first-order valence-electron chi connectivity index (χ1n) is 12.9. The first kappa shape index (κ1) is 29.6. The van der Waals surface area contributed by atoms with Crippen molar-refractivity contribution >= 4 is 52.8 Å². The van der Waals surface area contributed by atoms with E-state index in [1.807, 2.05) is 18.2 Å². The summed E-state index contributed by atoms with van der Waals surface area (Å²) in [5.74, 6) is -1.31. The molecule has 0 bridgehead atoms. The van der Waals surface area contributed by atoms with Crippen LogP contribution in [-0.2, 0) is 22.8 Å². The van der Waals surface area contributed by atoms with E-state index in [0.717, 1.165) is 10.5 Å². The summed E-state index contributed by atoms with van der Waals surface area (Å²) in [6.07, 6.45) is 1.28. The number of nitrogens with one attached hydrogen (secondary N) is 1. The fourth-order valence-corrected chi connectivity index (χ4v) is 4.72. The normalized spacial score (nSPS) is 14.1. The predicted molar refractivity (Wildman–Crippen MR) is 160 cm³/mol. The predicted octanol–water partition coefficient (Wildman–Crippen LogP) is 6.97. The summed E-state index contributed by atoms with van der Waals surface area (Å²) in [5.41, 5.74) is 1.36. The molecule has 1 aliphatic heterocycles. The minimum Gasteiger partial charge on any atom is -0.493 e. The minimum atomic E-state index is -0.899. The lowest BCUT2D eigenvalue weighted by Gasteiger charge is -2.26. The second-order valence-electron chi connectivity index (χ2n) is 9.25. The number of imide groups is 2. The molecule has 1 fully saturated rings. The molecule has 5 rings (SSSR count). The van der Waals surface area contributed by atoms with E-state index in [1.54, 1.807) is 36.4 Å². The minimum absolute atomic E-state index is 0.103. The van der Waals surface area contributed by atoms with Gasteiger partial charge in [-0.3, -0.25) is 14.9 Å². The average molecular weight is 621 g/mol. The van der Waals surface area contributed by atoms with Gasteiger partial charge in [0.25, 0.3) is 11.8 Å². The second-order valence-corrected chi connectivity index (χ2v) is 10.1. The Hall–Kier alpha value is -4.86. The lowest BCUT2D eigenvalue weighted by molar-refractivity contribution is -0.122. The van der Waals surface area contributed by atoms with Gasteiger partial charge in [-0.2, -0.15) is 0 Å². The fraction of sp³-hybridized carbons (Fsp3) is 0.0938. The highest BCUT2D eigenvalue weighted by Gasteiger charge is 2.37. The number of barbiturate groups is 1. The average Bonchev–Trinajstić information content (AvgIpc) is 2.99. The summed E-state index contributed by atoms with van der Waals surface area (Å²) >= 11 is 12.6. The van der Waals surface area contributed by atoms with E-state index in [9.17, 15) is 18.8 Å². The Balaban J connectivity index is 1.35. The molecule has 0 aliphatic carbocycles. The third-order valence-corrected chi connectivity index (χ3v) is 7.09. The third kappa shape index (κ3) is 6.63. The zero-order chi connectivity index (χ0) is 30.5. The van der Waals surface area contributed by atoms with Crippen molar-refractivity contribution < 1.29 is 33.0 Å². The summed E-state index contributed by atoms with van der Waals surface area (Å²) in [6.45, 7) is 0.119. The molecule has 4 aromatic carbocycles. The van der Waals surface area contributed by atoms with Crippen LogP contribution in [0.3, 0.4) is 0 Å². The van der Waals surface area contributed by atoms with E-state index in [1.165, 1.54) is 43.5 Å². The number of rotatable bonds is 9. The third-order valence-electron chi connectivity index (χ3n) is 6.44. The Kier molecular flexibility index (Phi) is 8.94. The van der Waals surface area contributed by atoms with E-state index in [2.05, 4.69) is 5.32 Å². The molecular formula is C32H23Cl2FN2O6. The van der Waals surface area contributed by atoms with Crippen LogP contribution in [0.5, 0.6) is 17.2 Å². The molecule has 0 unspecified atom stereocenters. The SMILES string of the molecule is COc1cc(/C=C2\C(=O)NC(=O)N(c3ccc(OCc4ccccc4Cl)cc3)C2=O)cc(Cl)c1OCc1ccccc1F. The molecule has 1 aliphatic rings. The Morgan fingerprint density at radius 2 is 1.51 bits per heavy atom. The monoisotopic (exact) mass is 620 g/mol. The van der Waals surface area contributed by atoms with Crippen LogP contribution in [0.15, 0.2) is 90.5 Å². The van der Waals surface area contributed by atoms with Crippen molar-refractivity contribution in [3.05, 3.63) is 123 Å². The number of anilines is 1. The molecule has 0 spiro atoms. The maximum atomic E-state index is 14.0. The lowest BCUT2D eigenvalue weighted by atomic mass is 10.1. The second kappa shape index (κ2) is 13.0. The van der Waals surface area contributed by atoms with E-state index >= 15 is 0 Å². The molecule has 4 amide bonds. The van der Waals surface area contributed by atoms with Gasteiger partial charge in [-0.25, -0.2) is 14.1 Å². The van der Waals surface area contributed by atoms with Crippen LogP contribution >= 0.6 is 23.2 Å². The van der Waals surface area contributed by atoms with Crippen LogP contribution in [0, 0.1) is 5.82 Å². The summed E-state index contributed by atoms with van der Waals surface area (Å²) in [6, 6.07) is 21.7. The number of hydrogen-bond acceptors (Lipinski definition) is 6. The highest BCUT2D eigenvalue weighted by atomic mass is 35.5. The first-order chi connectivity index (χ1) is 20.7. The number of methoxy groups -OCH3 is 1. The molecule has 0 radical (unpaired) electrons. The van der Waals surface area contributed by atoms with Crippen molar-refractivity contribution in [3.63, 3.8) is 0 Å². The molecule has 0 atom stereocenters. The van der Waals surface area contributed by atoms with Crippen LogP contribution in [0.2, 0.25) is 10.0 Å². The van der Waals surface area contributed by atoms with Crippen molar-refractivity contribution in [3.8, 4) is 17.2 Å². The summed E-state index contributed by atoms with van der Waals surface area (Å²) < 4.78 is 30.9. The van der Waals surface area contributed by atoms with Gasteiger partial charge in [0.15, 0.2) is 11.5 Å². The molecule has 0 aromatic heterocycles. The highest BCUT2D eigenvalue weighted by Crippen LogP contribution is 2.38. The van der Waals surface area contributed by atoms with Crippen LogP contribution in [-0.4, -0.2) is 25.0 Å². The number of urea groups is 1. The number of carbonyl (C=O) groups is 3. The van der Waals surface area contributed by atoms with Crippen LogP contribution in [0.25, 0.3) is 6.08 Å². The molecule has 218 valence electrons. The number of benzene rings is 4. The fourth-order valence-electron chi connectivity index (χ4n) is 4.26. The quantitative estimate of drug-likeness (QED) is 0.160. The summed E-state index contributed by atoms with van der Waals surface area (Å²) in [5, 5.41) is 2.86. The van der Waals surface area contributed by atoms with E-state index in [0.29, 0.717) is 21.9 Å². The number of hydrogen-bond donors (Lipinski definition) is 1. The number of amides is 4. The van der Waals surface area contributed by atoms with Crippen molar-refractivity contribution in [1.82, 2.24) is 5.32 Å². The number of ether oxygens (including phenoxy) is 3. The summed E-state index contributed by atoms with van der Waals surface area (Å²) in [7, 11) is 1.39. The van der Waals surface area contributed by atoms with Crippen molar-refractivity contribution in [2.75, 3.05) is 12.0 Å². The van der Waals surface area contributed by atoms with Crippen LogP contribution < -0.4 is 24.4 Å². The topological polar surface area (TPSA) is 94.2 Å². The molecule has 1 N–H and O–H groups in total. The molecule has 11 heteroatoms. The van der Waals surface area contributed by atoms with Gasteiger partial charge in [-0.1, -0.05) is 59.6 Å². The first-order valence-corrected chi connectivity index (χ1v) is 13.6. The van der Waals surface area contributed by atoms with Gasteiger partial charge in [-0.15, -0.1) is 0 Å². The van der Waals surface area contributed by atoms with Gasteiger partial charge >= 0.3 is 6.03 Å². The largest absolute Gasteiger partial charge is 0.493 e. The molecule has 8 nitrogen and oxygen atoms in total. The maximum absolute atomic E-state index is 14.0. The molecule has 1 saturated heterocycles. The standard InChI is InChI=1S/C32H23Cl2FN2O6/c1-41-28-16-19(15-26(34)29(28)43-18-21-7-3-5-9-27(21)35)14-24-30(38)36-32(40)37(31(24)39)22-10-12-23(13-11-22)42-17-20-6-2-4-8-25(20)33/h2-16H,17-18H2,1H3,(H,36,38,40)/b24-14+. The van der Waals surface area contributed by atoms with Gasteiger partial charge in [0, 0.05) is 16.1 Å². The zero-order valence-corrected chi connectivity index (χ0v) is 24.1. The Morgan fingerprint density at radius 3 is 2.21 bits per heavy atom. The van der Waals surface area contributed by atoms with Crippen LogP contribution in [0.4, 0.5) is 14.9 Å². The van der Waals surface area contributed by atoms with Gasteiger partial charge in [0.2, 0.25) is 0 Å². The Labute approximate surface area is 256 Å². The molecular weight excluding hydrogens is 598 g/mol. The van der Waals surface area contributed by atoms with E-state index < -0.39 is 23.7 Å². The smallest absolute Gasteiger partial charge is 0.335 e. The lowest BCUT2D eigenvalue weighted by Crippen LogP contribution is -2.54. The maximum Gasteiger partial charge on any atom is 0.335 e. The van der Waals surface area contributed by atoms with Gasteiger partial charge in [-0.05, 0) is 60.2 Å². The van der Waals surface area contributed by atoms with Crippen molar-refractivity contribution in [2.45, 2.75) is 13.2 Å². The molecule has 1 heterocycles. The van der Waals surface area contributed by atoms with Crippen molar-refractivity contribution in [2.24, 2.45) is 0 Å². The van der Waals surface area contributed by atoms with E-state index in [4.69, 9.17) is 37.4 Å². The highest BCUT2D eigenvalue weighted by molar-refractivity contribution is 6.39. The molecule has 43 heavy (non-hydrogen) atoms. The zero-order valence-electron chi connectivity index (χ0n) is 22.6. The van der Waals surface area contributed by atoms with Crippen molar-refractivity contribution in [1.29, 1.82) is 0 Å². The number of nitrogens with zero attached hydrogens (tertiary/aromatic N) is 1. The van der Waals surface area contributed by atoms with Gasteiger partial charge in [0.1, 0.15) is 30.4 Å². The van der Waals surface area contributed by atoms with Gasteiger partial charge < -0.3 is 14.2 Å². The Bertz CT molecular complexity index is 1740.